The molecule has 3 aromatic carbocycles. The van der Waals surface area contributed by atoms with Gasteiger partial charge in [-0.15, -0.1) is 0 Å². The number of carbonyl (C=O) groups is 1. The summed E-state index contributed by atoms with van der Waals surface area (Å²) < 4.78 is 13.6. The first-order valence-corrected chi connectivity index (χ1v) is 17.9. The van der Waals surface area contributed by atoms with Gasteiger partial charge in [-0.2, -0.15) is 0 Å². The Morgan fingerprint density at radius 3 is 2.00 bits per heavy atom. The van der Waals surface area contributed by atoms with Gasteiger partial charge < -0.3 is 0 Å². The van der Waals surface area contributed by atoms with Crippen LogP contribution < -0.4 is 19.9 Å². The van der Waals surface area contributed by atoms with Crippen molar-refractivity contribution >= 4 is 55.3 Å². The van der Waals surface area contributed by atoms with E-state index in [1.807, 2.05) is 45.9 Å². The van der Waals surface area contributed by atoms with Crippen molar-refractivity contribution in [3.8, 4) is 5.75 Å². The van der Waals surface area contributed by atoms with Crippen molar-refractivity contribution in [3.05, 3.63) is 81.4 Å². The second-order valence-corrected chi connectivity index (χ2v) is 15.8. The Balaban J connectivity index is 1.94. The molecule has 0 radical (unpaired) electrons. The van der Waals surface area contributed by atoms with Crippen LogP contribution in [0.15, 0.2) is 42.5 Å². The number of rotatable bonds is 8. The number of hydrogen-bond donors (Lipinski definition) is 1. The first-order chi connectivity index (χ1) is 21.1. The van der Waals surface area contributed by atoms with Crippen molar-refractivity contribution in [2.75, 3.05) is 28.3 Å². The van der Waals surface area contributed by atoms with E-state index in [1.54, 1.807) is 0 Å². The Hall–Kier alpha value is -2.73. The summed E-state index contributed by atoms with van der Waals surface area (Å²) >= 11 is 14.0. The maximum absolute atomic E-state index is 12.5. The second-order valence-electron chi connectivity index (χ2n) is 12.6. The summed E-state index contributed by atoms with van der Waals surface area (Å²) in [4.78, 5) is 16.9. The Bertz CT molecular complexity index is 1620. The fourth-order valence-electron chi connectivity index (χ4n) is 5.79. The van der Waals surface area contributed by atoms with Crippen LogP contribution in [-0.2, 0) is 21.0 Å². The number of nitrogens with one attached hydrogen (secondary N) is 1. The topological polar surface area (TPSA) is 54.0 Å². The summed E-state index contributed by atoms with van der Waals surface area (Å²) in [6, 6.07) is 14.4. The van der Waals surface area contributed by atoms with E-state index < -0.39 is 26.8 Å². The zero-order valence-corrected chi connectivity index (χ0v) is 31.2. The van der Waals surface area contributed by atoms with E-state index in [0.29, 0.717) is 18.8 Å². The van der Waals surface area contributed by atoms with Crippen molar-refractivity contribution < 1.29 is 30.5 Å². The molecule has 1 aliphatic heterocycles. The molecule has 45 heavy (non-hydrogen) atoms. The van der Waals surface area contributed by atoms with Crippen LogP contribution in [0.3, 0.4) is 0 Å². The zero-order valence-electron chi connectivity index (χ0n) is 27.9. The molecule has 0 spiro atoms. The van der Waals surface area contributed by atoms with Gasteiger partial charge in [-0.1, -0.05) is 0 Å². The van der Waals surface area contributed by atoms with Crippen LogP contribution in [0.2, 0.25) is 0 Å². The van der Waals surface area contributed by atoms with Gasteiger partial charge in [0.1, 0.15) is 0 Å². The van der Waals surface area contributed by atoms with Gasteiger partial charge >= 0.3 is 287 Å². The van der Waals surface area contributed by atoms with Crippen LogP contribution in [-0.4, -0.2) is 38.8 Å². The second kappa shape index (κ2) is 14.4. The predicted molar refractivity (Wildman–Crippen MR) is 188 cm³/mol. The molecule has 0 bridgehead atoms. The third-order valence-electron chi connectivity index (χ3n) is 7.25. The number of halogens is 2. The van der Waals surface area contributed by atoms with Crippen molar-refractivity contribution in [3.63, 3.8) is 0 Å². The predicted octanol–water partition coefficient (Wildman–Crippen LogP) is 9.01. The van der Waals surface area contributed by atoms with E-state index in [1.165, 1.54) is 22.3 Å². The first kappa shape index (κ1) is 35.1. The van der Waals surface area contributed by atoms with Crippen LogP contribution in [0.1, 0.15) is 66.6 Å². The van der Waals surface area contributed by atoms with E-state index in [-0.39, 0.29) is 12.0 Å². The Kier molecular flexibility index (Phi) is 11.2. The fraction of sp³-hybridized carbons (Fsp3) is 0.417. The molecule has 1 heterocycles. The molecule has 1 amide bonds. The molecule has 4 rings (SSSR count). The van der Waals surface area contributed by atoms with E-state index in [9.17, 15) is 4.79 Å². The average Bonchev–Trinajstić information content (AvgIpc) is 3.15. The monoisotopic (exact) mass is 739 g/mol. The van der Waals surface area contributed by atoms with Crippen molar-refractivity contribution in [2.24, 2.45) is 5.92 Å². The van der Waals surface area contributed by atoms with Crippen molar-refractivity contribution in [2.45, 2.75) is 79.8 Å². The molecule has 9 heteroatoms. The van der Waals surface area contributed by atoms with Gasteiger partial charge in [-0.05, 0) is 0 Å². The molecule has 0 unspecified atom stereocenters. The van der Waals surface area contributed by atoms with Crippen LogP contribution in [0.5, 0.6) is 5.75 Å². The Labute approximate surface area is 285 Å². The van der Waals surface area contributed by atoms with Gasteiger partial charge in [0, 0.05) is 0 Å². The number of anilines is 3. The van der Waals surface area contributed by atoms with Crippen molar-refractivity contribution in [1.29, 1.82) is 0 Å². The summed E-state index contributed by atoms with van der Waals surface area (Å²) in [7, 11) is 0. The number of amides is 1. The summed E-state index contributed by atoms with van der Waals surface area (Å²) in [5.74, 6) is 0.989. The molecule has 1 N–H and O–H groups in total. The number of benzene rings is 3. The van der Waals surface area contributed by atoms with Gasteiger partial charge in [0.15, 0.2) is 0 Å². The first-order valence-electron chi connectivity index (χ1n) is 15.2. The molecule has 0 saturated carbocycles. The molecule has 1 aliphatic rings. The standard InChI is InChI=1S/C21H24Cl2N2.C15H21NO3.Ru/c1-13-7-15(3)19(16(4)8-13)24-11-21(22,23)25(12-24)20-17(5)9-14(2)10-18(20)6;1-10(2)9-18-15(17)16-13-6-7-14(12(5)8-13)19-11(3)4;/h7-10H,11H2,1-6H3;5-8,10-11H,9H2,1-4H3,(H,16,17);. The normalized spacial score (nSPS) is 14.4. The number of aryl methyl sites for hydroxylation is 6. The van der Waals surface area contributed by atoms with E-state index >= 15 is 0 Å². The van der Waals surface area contributed by atoms with Crippen LogP contribution in [0.4, 0.5) is 21.9 Å². The van der Waals surface area contributed by atoms with Gasteiger partial charge in [0.25, 0.3) is 0 Å². The molecular formula is C36H45Cl2N3O3Ru. The zero-order chi connectivity index (χ0) is 33.2. The van der Waals surface area contributed by atoms with Crippen molar-refractivity contribution in [1.82, 2.24) is 0 Å². The van der Waals surface area contributed by atoms with Gasteiger partial charge in [0.05, 0.1) is 0 Å². The number of hydrogen-bond acceptors (Lipinski definition) is 5. The Morgan fingerprint density at radius 1 is 0.911 bits per heavy atom. The van der Waals surface area contributed by atoms with E-state index in [4.69, 9.17) is 32.7 Å². The van der Waals surface area contributed by atoms with E-state index in [2.05, 4.69) is 85.5 Å². The van der Waals surface area contributed by atoms with Gasteiger partial charge in [0.2, 0.25) is 0 Å². The minimum atomic E-state index is -1.20. The van der Waals surface area contributed by atoms with Gasteiger partial charge in [-0.25, -0.2) is 0 Å². The molecule has 0 aliphatic carbocycles. The summed E-state index contributed by atoms with van der Waals surface area (Å²) in [6.45, 7) is 21.5. The number of carbonyl (C=O) groups excluding carboxylic acids is 1. The third kappa shape index (κ3) is 8.36. The summed E-state index contributed by atoms with van der Waals surface area (Å²) in [5.41, 5.74) is 10.6. The molecule has 1 fully saturated rings. The van der Waals surface area contributed by atoms with Gasteiger partial charge in [-0.3, -0.25) is 0 Å². The molecular weight excluding hydrogens is 694 g/mol. The fourth-order valence-corrected chi connectivity index (χ4v) is 8.82. The SMILES string of the molecule is Cc1cc(C)c(N2CC(Cl)(Cl)N(c3c(C)cc(C)cc3C)[C]2=[Ru]=[CH]c2cc(NC(=O)OCC(C)C)ccc2OC(C)C)c(C)c1. The quantitative estimate of drug-likeness (QED) is 0.142. The molecule has 6 nitrogen and oxygen atoms in total. The summed E-state index contributed by atoms with van der Waals surface area (Å²) in [5, 5.41) is 2.87. The third-order valence-corrected chi connectivity index (χ3v) is 9.93. The molecule has 3 aromatic rings. The average molecular weight is 740 g/mol. The minimum absolute atomic E-state index is 0.0241. The molecule has 244 valence electrons. The van der Waals surface area contributed by atoms with Crippen LogP contribution in [0, 0.1) is 47.5 Å². The molecule has 0 aromatic heterocycles. The number of nitrogens with zero attached hydrogens (tertiary/aromatic N) is 2. The molecule has 1 saturated heterocycles. The molecule has 0 atom stereocenters. The number of alkyl halides is 2. The van der Waals surface area contributed by atoms with E-state index in [0.717, 1.165) is 38.2 Å². The maximum atomic E-state index is 12.5. The van der Waals surface area contributed by atoms with Crippen LogP contribution in [0.25, 0.3) is 0 Å². The summed E-state index contributed by atoms with van der Waals surface area (Å²) in [6.07, 6.45) is -0.503. The van der Waals surface area contributed by atoms with Crippen LogP contribution >= 0.6 is 23.2 Å². The Morgan fingerprint density at radius 2 is 1.47 bits per heavy atom. The number of ether oxygens (including phenoxy) is 2.